The maximum atomic E-state index is 5.88. The summed E-state index contributed by atoms with van der Waals surface area (Å²) in [5.74, 6) is 1.65. The van der Waals surface area contributed by atoms with E-state index in [2.05, 4.69) is 33.8 Å². The van der Waals surface area contributed by atoms with E-state index in [0.717, 1.165) is 41.9 Å². The first-order valence-electron chi connectivity index (χ1n) is 6.56. The molecule has 0 bridgehead atoms. The number of nitrogens with zero attached hydrogens (tertiary/aromatic N) is 3. The van der Waals surface area contributed by atoms with Gasteiger partial charge in [-0.1, -0.05) is 6.92 Å². The average Bonchev–Trinajstić information content (AvgIpc) is 2.73. The Bertz CT molecular complexity index is 553. The summed E-state index contributed by atoms with van der Waals surface area (Å²) >= 11 is 7.77. The smallest absolute Gasteiger partial charge is 0.160 e. The third kappa shape index (κ3) is 3.42. The van der Waals surface area contributed by atoms with E-state index in [4.69, 9.17) is 11.6 Å². The van der Waals surface area contributed by atoms with Gasteiger partial charge in [-0.15, -0.1) is 11.6 Å². The third-order valence-electron chi connectivity index (χ3n) is 3.28. The number of fused-ring (bicyclic) bond motifs is 1. The summed E-state index contributed by atoms with van der Waals surface area (Å²) in [6.07, 6.45) is 5.98. The number of aromatic nitrogens is 3. The van der Waals surface area contributed by atoms with Gasteiger partial charge in [-0.05, 0) is 31.2 Å². The molecule has 0 aliphatic rings. The molecule has 1 unspecified atom stereocenters. The summed E-state index contributed by atoms with van der Waals surface area (Å²) in [5.41, 5.74) is 3.11. The van der Waals surface area contributed by atoms with Crippen LogP contribution in [0.5, 0.6) is 0 Å². The molecule has 0 amide bonds. The van der Waals surface area contributed by atoms with Crippen LogP contribution in [0.3, 0.4) is 0 Å². The molecule has 0 aliphatic heterocycles. The van der Waals surface area contributed by atoms with Gasteiger partial charge in [0.05, 0.1) is 0 Å². The third-order valence-corrected chi connectivity index (χ3v) is 4.51. The summed E-state index contributed by atoms with van der Waals surface area (Å²) in [6, 6.07) is 2.09. The fourth-order valence-corrected chi connectivity index (χ4v) is 2.61. The van der Waals surface area contributed by atoms with Crippen molar-refractivity contribution < 1.29 is 0 Å². The molecule has 0 spiro atoms. The monoisotopic (exact) mass is 297 g/mol. The maximum absolute atomic E-state index is 5.88. The first kappa shape index (κ1) is 14.7. The summed E-state index contributed by atoms with van der Waals surface area (Å²) in [7, 11) is 0. The lowest BCUT2D eigenvalue weighted by Gasteiger charge is -2.11. The fraction of sp³-hybridized carbons (Fsp3) is 0.571. The predicted molar refractivity (Wildman–Crippen MR) is 84.3 cm³/mol. The van der Waals surface area contributed by atoms with Gasteiger partial charge in [-0.3, -0.25) is 0 Å². The van der Waals surface area contributed by atoms with E-state index >= 15 is 0 Å². The summed E-state index contributed by atoms with van der Waals surface area (Å²) in [6.45, 7) is 5.26. The molecule has 104 valence electrons. The lowest BCUT2D eigenvalue weighted by Crippen LogP contribution is -2.09. The van der Waals surface area contributed by atoms with E-state index in [1.165, 1.54) is 0 Å². The molecule has 0 saturated heterocycles. The van der Waals surface area contributed by atoms with Crippen molar-refractivity contribution in [1.82, 2.24) is 14.5 Å². The van der Waals surface area contributed by atoms with E-state index in [1.807, 2.05) is 24.9 Å². The van der Waals surface area contributed by atoms with Crippen LogP contribution in [0.4, 0.5) is 0 Å². The SMILES string of the molecule is CSC(C)CCn1c(CCCl)nc2cc(C)cnc21. The highest BCUT2D eigenvalue weighted by Crippen LogP contribution is 2.19. The van der Waals surface area contributed by atoms with Crippen molar-refractivity contribution in [3.05, 3.63) is 23.7 Å². The minimum Gasteiger partial charge on any atom is -0.313 e. The predicted octanol–water partition coefficient (Wildman–Crippen LogP) is 3.66. The molecule has 5 heteroatoms. The lowest BCUT2D eigenvalue weighted by molar-refractivity contribution is 0.624. The molecule has 0 saturated carbocycles. The van der Waals surface area contributed by atoms with Crippen LogP contribution in [-0.2, 0) is 13.0 Å². The van der Waals surface area contributed by atoms with Crippen LogP contribution in [0, 0.1) is 6.92 Å². The minimum absolute atomic E-state index is 0.598. The number of imidazole rings is 1. The Balaban J connectivity index is 2.34. The Hall–Kier alpha value is -0.740. The molecule has 0 fully saturated rings. The molecule has 2 aromatic heterocycles. The molecule has 0 aromatic carbocycles. The molecule has 2 heterocycles. The summed E-state index contributed by atoms with van der Waals surface area (Å²) in [4.78, 5) is 9.21. The van der Waals surface area contributed by atoms with E-state index in [-0.39, 0.29) is 0 Å². The number of thioether (sulfide) groups is 1. The van der Waals surface area contributed by atoms with Crippen LogP contribution in [0.25, 0.3) is 11.2 Å². The van der Waals surface area contributed by atoms with Crippen LogP contribution < -0.4 is 0 Å². The number of hydrogen-bond acceptors (Lipinski definition) is 3. The lowest BCUT2D eigenvalue weighted by atomic mass is 10.3. The number of aryl methyl sites for hydroxylation is 3. The molecular formula is C14H20ClN3S. The van der Waals surface area contributed by atoms with Crippen molar-refractivity contribution in [3.63, 3.8) is 0 Å². The topological polar surface area (TPSA) is 30.7 Å². The number of halogens is 1. The average molecular weight is 298 g/mol. The van der Waals surface area contributed by atoms with Gasteiger partial charge in [-0.2, -0.15) is 11.8 Å². The standard InChI is InChI=1S/C14H20ClN3S/c1-10-8-12-14(16-9-10)18(7-5-11(2)19-3)13(17-12)4-6-15/h8-9,11H,4-7H2,1-3H3. The van der Waals surface area contributed by atoms with Gasteiger partial charge >= 0.3 is 0 Å². The van der Waals surface area contributed by atoms with Gasteiger partial charge in [0.2, 0.25) is 0 Å². The van der Waals surface area contributed by atoms with Crippen LogP contribution >= 0.6 is 23.4 Å². The molecule has 0 N–H and O–H groups in total. The molecular weight excluding hydrogens is 278 g/mol. The van der Waals surface area contributed by atoms with Crippen LogP contribution in [-0.4, -0.2) is 31.9 Å². The summed E-state index contributed by atoms with van der Waals surface area (Å²) in [5, 5.41) is 0.645. The van der Waals surface area contributed by atoms with Gasteiger partial charge in [-0.25, -0.2) is 9.97 Å². The normalized spacial score (nSPS) is 13.1. The molecule has 0 aliphatic carbocycles. The number of rotatable bonds is 6. The van der Waals surface area contributed by atoms with Crippen molar-refractivity contribution in [2.75, 3.05) is 12.1 Å². The molecule has 3 nitrogen and oxygen atoms in total. The largest absolute Gasteiger partial charge is 0.313 e. The maximum Gasteiger partial charge on any atom is 0.160 e. The summed E-state index contributed by atoms with van der Waals surface area (Å²) < 4.78 is 2.23. The van der Waals surface area contributed by atoms with Gasteiger partial charge in [0.15, 0.2) is 5.65 Å². The van der Waals surface area contributed by atoms with E-state index < -0.39 is 0 Å². The van der Waals surface area contributed by atoms with Gasteiger partial charge < -0.3 is 4.57 Å². The van der Waals surface area contributed by atoms with Crippen LogP contribution in [0.1, 0.15) is 24.7 Å². The first-order chi connectivity index (χ1) is 9.15. The highest BCUT2D eigenvalue weighted by molar-refractivity contribution is 7.99. The van der Waals surface area contributed by atoms with Crippen molar-refractivity contribution in [2.24, 2.45) is 0 Å². The minimum atomic E-state index is 0.598. The van der Waals surface area contributed by atoms with E-state index in [0.29, 0.717) is 11.1 Å². The zero-order valence-corrected chi connectivity index (χ0v) is 13.3. The quantitative estimate of drug-likeness (QED) is 0.762. The van der Waals surface area contributed by atoms with Crippen LogP contribution in [0.2, 0.25) is 0 Å². The zero-order chi connectivity index (χ0) is 13.8. The molecule has 0 radical (unpaired) electrons. The van der Waals surface area contributed by atoms with Crippen LogP contribution in [0.15, 0.2) is 12.3 Å². The Morgan fingerprint density at radius 1 is 1.47 bits per heavy atom. The Morgan fingerprint density at radius 3 is 2.95 bits per heavy atom. The van der Waals surface area contributed by atoms with Crippen molar-refractivity contribution in [3.8, 4) is 0 Å². The highest BCUT2D eigenvalue weighted by atomic mass is 35.5. The number of hydrogen-bond donors (Lipinski definition) is 0. The van der Waals surface area contributed by atoms with E-state index in [1.54, 1.807) is 0 Å². The number of pyridine rings is 1. The Labute approximate surface area is 123 Å². The first-order valence-corrected chi connectivity index (χ1v) is 8.38. The second-order valence-electron chi connectivity index (χ2n) is 4.81. The molecule has 19 heavy (non-hydrogen) atoms. The van der Waals surface area contributed by atoms with Crippen molar-refractivity contribution >= 4 is 34.5 Å². The highest BCUT2D eigenvalue weighted by Gasteiger charge is 2.12. The zero-order valence-electron chi connectivity index (χ0n) is 11.7. The van der Waals surface area contributed by atoms with Gasteiger partial charge in [0.1, 0.15) is 11.3 Å². The Morgan fingerprint density at radius 2 is 2.26 bits per heavy atom. The second kappa shape index (κ2) is 6.62. The van der Waals surface area contributed by atoms with Crippen molar-refractivity contribution in [1.29, 1.82) is 0 Å². The second-order valence-corrected chi connectivity index (χ2v) is 6.46. The van der Waals surface area contributed by atoms with Gasteiger partial charge in [0.25, 0.3) is 0 Å². The van der Waals surface area contributed by atoms with E-state index in [9.17, 15) is 0 Å². The fourth-order valence-electron chi connectivity index (χ4n) is 2.10. The molecule has 2 aromatic rings. The Kier molecular flexibility index (Phi) is 5.11. The molecule has 2 rings (SSSR count). The van der Waals surface area contributed by atoms with Crippen molar-refractivity contribution in [2.45, 2.75) is 38.5 Å². The van der Waals surface area contributed by atoms with Gasteiger partial charge in [0, 0.05) is 30.3 Å². The molecule has 1 atom stereocenters. The number of alkyl halides is 1.